The van der Waals surface area contributed by atoms with Crippen LogP contribution in [0.5, 0.6) is 0 Å². The first-order valence-electron chi connectivity index (χ1n) is 7.22. The van der Waals surface area contributed by atoms with E-state index in [4.69, 9.17) is 10.2 Å². The van der Waals surface area contributed by atoms with E-state index in [9.17, 15) is 35.7 Å². The van der Waals surface area contributed by atoms with Gasteiger partial charge < -0.3 is 46.0 Å². The van der Waals surface area contributed by atoms with Crippen LogP contribution in [0.15, 0.2) is 0 Å². The van der Waals surface area contributed by atoms with Gasteiger partial charge in [0.15, 0.2) is 0 Å². The van der Waals surface area contributed by atoms with Crippen molar-refractivity contribution >= 4 is 0 Å². The van der Waals surface area contributed by atoms with Crippen LogP contribution in [0.2, 0.25) is 0 Å². The Hall–Kier alpha value is -0.360. The summed E-state index contributed by atoms with van der Waals surface area (Å²) in [6.07, 6.45) is -10.5. The minimum Gasteiger partial charge on any atom is -0.394 e. The maximum atomic E-state index is 9.93. The largest absolute Gasteiger partial charge is 0.394 e. The standard InChI is InChI=1S/C13H26O9/c14-3-8(18)10-5(1-6(16)11(10)20)2-7(17)12(21)13(22)9(19)4-15/h5-22H,1-4H2/t5-,6-,7+,8-,9-,10+,11-,12-,13-/m1/s1. The maximum absolute atomic E-state index is 9.93. The summed E-state index contributed by atoms with van der Waals surface area (Å²) in [4.78, 5) is 0. The average Bonchev–Trinajstić information content (AvgIpc) is 2.78. The van der Waals surface area contributed by atoms with Crippen molar-refractivity contribution in [2.75, 3.05) is 13.2 Å². The zero-order chi connectivity index (χ0) is 17.0. The van der Waals surface area contributed by atoms with E-state index in [0.717, 1.165) is 0 Å². The lowest BCUT2D eigenvalue weighted by Crippen LogP contribution is -2.47. The van der Waals surface area contributed by atoms with Crippen molar-refractivity contribution in [3.05, 3.63) is 0 Å². The van der Waals surface area contributed by atoms with Gasteiger partial charge in [0, 0.05) is 5.92 Å². The average molecular weight is 326 g/mol. The molecule has 0 amide bonds. The Labute approximate surface area is 127 Å². The first kappa shape index (κ1) is 19.7. The predicted octanol–water partition coefficient (Wildman–Crippen LogP) is -4.48. The van der Waals surface area contributed by atoms with Crippen molar-refractivity contribution in [2.24, 2.45) is 11.8 Å². The fourth-order valence-corrected chi connectivity index (χ4v) is 3.07. The fraction of sp³-hybridized carbons (Fsp3) is 1.00. The highest BCUT2D eigenvalue weighted by molar-refractivity contribution is 4.96. The minimum atomic E-state index is -1.77. The lowest BCUT2D eigenvalue weighted by molar-refractivity contribution is -0.122. The van der Waals surface area contributed by atoms with Crippen LogP contribution in [0.25, 0.3) is 0 Å². The molecular weight excluding hydrogens is 300 g/mol. The van der Waals surface area contributed by atoms with E-state index in [2.05, 4.69) is 0 Å². The van der Waals surface area contributed by atoms with Crippen LogP contribution < -0.4 is 0 Å². The third-order valence-corrected chi connectivity index (χ3v) is 4.38. The van der Waals surface area contributed by atoms with E-state index in [1.165, 1.54) is 0 Å². The molecular formula is C13H26O9. The molecule has 1 rings (SSSR count). The van der Waals surface area contributed by atoms with Crippen LogP contribution >= 0.6 is 0 Å². The third-order valence-electron chi connectivity index (χ3n) is 4.38. The van der Waals surface area contributed by atoms with Crippen molar-refractivity contribution in [3.8, 4) is 0 Å². The molecule has 9 N–H and O–H groups in total. The van der Waals surface area contributed by atoms with Gasteiger partial charge in [0.05, 0.1) is 37.6 Å². The molecule has 1 fully saturated rings. The molecule has 0 radical (unpaired) electrons. The Balaban J connectivity index is 2.71. The highest BCUT2D eigenvalue weighted by Gasteiger charge is 2.46. The Kier molecular flexibility index (Phi) is 7.59. The van der Waals surface area contributed by atoms with Gasteiger partial charge in [-0.2, -0.15) is 0 Å². The summed E-state index contributed by atoms with van der Waals surface area (Å²) in [6.45, 7) is -1.42. The summed E-state index contributed by atoms with van der Waals surface area (Å²) < 4.78 is 0. The van der Waals surface area contributed by atoms with Crippen molar-refractivity contribution < 1.29 is 46.0 Å². The van der Waals surface area contributed by atoms with Gasteiger partial charge >= 0.3 is 0 Å². The van der Waals surface area contributed by atoms with E-state index in [-0.39, 0.29) is 12.8 Å². The molecule has 0 bridgehead atoms. The summed E-state index contributed by atoms with van der Waals surface area (Å²) in [5, 5.41) is 85.4. The minimum absolute atomic E-state index is 0.0469. The molecule has 0 aromatic carbocycles. The van der Waals surface area contributed by atoms with E-state index >= 15 is 0 Å². The van der Waals surface area contributed by atoms with Gasteiger partial charge in [-0.3, -0.25) is 0 Å². The molecule has 1 aliphatic carbocycles. The first-order valence-corrected chi connectivity index (χ1v) is 7.22. The second-order valence-electron chi connectivity index (χ2n) is 5.92. The van der Waals surface area contributed by atoms with Crippen molar-refractivity contribution in [2.45, 2.75) is 55.6 Å². The Morgan fingerprint density at radius 3 is 1.86 bits per heavy atom. The summed E-state index contributed by atoms with van der Waals surface area (Å²) >= 11 is 0. The SMILES string of the molecule is OC[C@@H](O)[C@@H](O)[C@H](O)[C@@H](O)C[C@H]1C[C@@H](O)[C@@H](O)[C@@H]1[C@H](O)CO. The molecule has 0 aliphatic heterocycles. The van der Waals surface area contributed by atoms with Gasteiger partial charge in [0.25, 0.3) is 0 Å². The number of hydrogen-bond acceptors (Lipinski definition) is 9. The van der Waals surface area contributed by atoms with E-state index in [0.29, 0.717) is 0 Å². The summed E-state index contributed by atoms with van der Waals surface area (Å²) in [5.41, 5.74) is 0. The van der Waals surface area contributed by atoms with Gasteiger partial charge in [-0.25, -0.2) is 0 Å². The molecule has 132 valence electrons. The lowest BCUT2D eigenvalue weighted by Gasteiger charge is -2.30. The molecule has 9 nitrogen and oxygen atoms in total. The van der Waals surface area contributed by atoms with Crippen LogP contribution in [0.3, 0.4) is 0 Å². The van der Waals surface area contributed by atoms with Gasteiger partial charge in [-0.05, 0) is 18.8 Å². The summed E-state index contributed by atoms with van der Waals surface area (Å²) in [5.74, 6) is -1.49. The quantitative estimate of drug-likeness (QED) is 0.212. The highest BCUT2D eigenvalue weighted by Crippen LogP contribution is 2.38. The zero-order valence-corrected chi connectivity index (χ0v) is 12.0. The molecule has 0 aromatic rings. The van der Waals surface area contributed by atoms with E-state index in [1.54, 1.807) is 0 Å². The summed E-state index contributed by atoms with van der Waals surface area (Å²) in [6, 6.07) is 0. The van der Waals surface area contributed by atoms with E-state index < -0.39 is 67.8 Å². The van der Waals surface area contributed by atoms with Crippen molar-refractivity contribution in [1.82, 2.24) is 0 Å². The van der Waals surface area contributed by atoms with Gasteiger partial charge in [0.1, 0.15) is 18.3 Å². The molecule has 0 saturated heterocycles. The predicted molar refractivity (Wildman–Crippen MR) is 72.4 cm³/mol. The van der Waals surface area contributed by atoms with Gasteiger partial charge in [0.2, 0.25) is 0 Å². The number of aliphatic hydroxyl groups is 9. The summed E-state index contributed by atoms with van der Waals surface area (Å²) in [7, 11) is 0. The topological polar surface area (TPSA) is 182 Å². The molecule has 1 saturated carbocycles. The molecule has 0 unspecified atom stereocenters. The van der Waals surface area contributed by atoms with Crippen LogP contribution in [0.1, 0.15) is 12.8 Å². The zero-order valence-electron chi connectivity index (χ0n) is 12.0. The molecule has 9 heteroatoms. The van der Waals surface area contributed by atoms with Gasteiger partial charge in [-0.1, -0.05) is 0 Å². The van der Waals surface area contributed by atoms with Gasteiger partial charge in [-0.15, -0.1) is 0 Å². The lowest BCUT2D eigenvalue weighted by atomic mass is 9.84. The fourth-order valence-electron chi connectivity index (χ4n) is 3.07. The third kappa shape index (κ3) is 4.34. The molecule has 1 aliphatic rings. The monoisotopic (exact) mass is 326 g/mol. The Morgan fingerprint density at radius 1 is 0.818 bits per heavy atom. The molecule has 0 aromatic heterocycles. The molecule has 9 atom stereocenters. The maximum Gasteiger partial charge on any atom is 0.110 e. The Morgan fingerprint density at radius 2 is 1.36 bits per heavy atom. The van der Waals surface area contributed by atoms with Crippen LogP contribution in [-0.2, 0) is 0 Å². The van der Waals surface area contributed by atoms with Crippen LogP contribution in [0.4, 0.5) is 0 Å². The second kappa shape index (κ2) is 8.48. The number of rotatable bonds is 8. The van der Waals surface area contributed by atoms with Crippen molar-refractivity contribution in [1.29, 1.82) is 0 Å². The molecule has 22 heavy (non-hydrogen) atoms. The van der Waals surface area contributed by atoms with E-state index in [1.807, 2.05) is 0 Å². The van der Waals surface area contributed by atoms with Crippen LogP contribution in [-0.4, -0.2) is 102 Å². The van der Waals surface area contributed by atoms with Crippen molar-refractivity contribution in [3.63, 3.8) is 0 Å². The normalized spacial score (nSPS) is 35.9. The highest BCUT2D eigenvalue weighted by atomic mass is 16.4. The smallest absolute Gasteiger partial charge is 0.110 e. The Bertz CT molecular complexity index is 329. The molecule has 0 heterocycles. The number of aliphatic hydroxyl groups excluding tert-OH is 9. The first-order chi connectivity index (χ1) is 10.2. The second-order valence-corrected chi connectivity index (χ2v) is 5.92. The molecule has 0 spiro atoms. The number of hydrogen-bond donors (Lipinski definition) is 9. The van der Waals surface area contributed by atoms with Crippen LogP contribution in [0, 0.1) is 11.8 Å².